The molecule has 0 bridgehead atoms. The third-order valence-corrected chi connectivity index (χ3v) is 2.69. The SMILES string of the molecule is Cc1cnn(CCC(=O)O/N=C(\N)c2ccc(F)cc2)c1. The smallest absolute Gasteiger partial charge is 0.336 e. The van der Waals surface area contributed by atoms with Gasteiger partial charge in [0.05, 0.1) is 19.2 Å². The molecule has 0 fully saturated rings. The van der Waals surface area contributed by atoms with Crippen molar-refractivity contribution in [3.63, 3.8) is 0 Å². The van der Waals surface area contributed by atoms with E-state index in [0.717, 1.165) is 5.56 Å². The van der Waals surface area contributed by atoms with Crippen LogP contribution in [0.5, 0.6) is 0 Å². The summed E-state index contributed by atoms with van der Waals surface area (Å²) in [4.78, 5) is 16.2. The molecular weight excluding hydrogens is 275 g/mol. The molecule has 6 nitrogen and oxygen atoms in total. The third-order valence-electron chi connectivity index (χ3n) is 2.69. The van der Waals surface area contributed by atoms with Crippen LogP contribution in [0.4, 0.5) is 4.39 Å². The van der Waals surface area contributed by atoms with Gasteiger partial charge in [0.1, 0.15) is 5.82 Å². The Hall–Kier alpha value is -2.70. The standard InChI is InChI=1S/C14H15FN4O2/c1-10-8-17-19(9-10)7-6-13(20)21-18-14(16)11-2-4-12(15)5-3-11/h2-5,8-9H,6-7H2,1H3,(H2,16,18). The number of aromatic nitrogens is 2. The molecular formula is C14H15FN4O2. The Morgan fingerprint density at radius 1 is 1.43 bits per heavy atom. The highest BCUT2D eigenvalue weighted by Gasteiger charge is 2.06. The van der Waals surface area contributed by atoms with E-state index in [2.05, 4.69) is 10.3 Å². The largest absolute Gasteiger partial charge is 0.380 e. The number of rotatable bonds is 5. The number of halogens is 1. The van der Waals surface area contributed by atoms with E-state index < -0.39 is 5.97 Å². The van der Waals surface area contributed by atoms with E-state index in [9.17, 15) is 9.18 Å². The van der Waals surface area contributed by atoms with E-state index in [4.69, 9.17) is 10.6 Å². The number of amidine groups is 1. The van der Waals surface area contributed by atoms with Crippen LogP contribution in [0, 0.1) is 12.7 Å². The fourth-order valence-electron chi connectivity index (χ4n) is 1.61. The molecule has 2 N–H and O–H groups in total. The normalized spacial score (nSPS) is 11.4. The highest BCUT2D eigenvalue weighted by atomic mass is 19.1. The first-order valence-corrected chi connectivity index (χ1v) is 6.33. The van der Waals surface area contributed by atoms with Crippen LogP contribution in [0.1, 0.15) is 17.5 Å². The molecule has 0 atom stereocenters. The van der Waals surface area contributed by atoms with E-state index >= 15 is 0 Å². The number of hydrogen-bond acceptors (Lipinski definition) is 4. The van der Waals surface area contributed by atoms with Crippen molar-refractivity contribution in [3.8, 4) is 0 Å². The predicted molar refractivity (Wildman–Crippen MR) is 74.8 cm³/mol. The average Bonchev–Trinajstić information content (AvgIpc) is 2.89. The van der Waals surface area contributed by atoms with Gasteiger partial charge < -0.3 is 10.6 Å². The van der Waals surface area contributed by atoms with E-state index in [1.54, 1.807) is 10.9 Å². The van der Waals surface area contributed by atoms with Crippen LogP contribution >= 0.6 is 0 Å². The molecule has 0 aliphatic carbocycles. The first-order chi connectivity index (χ1) is 10.0. The van der Waals surface area contributed by atoms with Crippen LogP contribution < -0.4 is 5.73 Å². The van der Waals surface area contributed by atoms with Gasteiger partial charge in [-0.25, -0.2) is 9.18 Å². The van der Waals surface area contributed by atoms with Gasteiger partial charge in [-0.3, -0.25) is 4.68 Å². The van der Waals surface area contributed by atoms with Crippen molar-refractivity contribution in [1.82, 2.24) is 9.78 Å². The number of aryl methyl sites for hydroxylation is 2. The van der Waals surface area contributed by atoms with E-state index in [0.29, 0.717) is 12.1 Å². The summed E-state index contributed by atoms with van der Waals surface area (Å²) in [6, 6.07) is 5.40. The molecule has 1 aromatic carbocycles. The third kappa shape index (κ3) is 4.41. The monoisotopic (exact) mass is 290 g/mol. The maximum absolute atomic E-state index is 12.8. The minimum absolute atomic E-state index is 0.0123. The van der Waals surface area contributed by atoms with Crippen LogP contribution in [0.3, 0.4) is 0 Å². The van der Waals surface area contributed by atoms with Gasteiger partial charge in [-0.1, -0.05) is 5.16 Å². The van der Waals surface area contributed by atoms with E-state index in [1.807, 2.05) is 13.1 Å². The Morgan fingerprint density at radius 2 is 2.14 bits per heavy atom. The molecule has 0 aliphatic rings. The summed E-state index contributed by atoms with van der Waals surface area (Å²) in [6.45, 7) is 2.31. The van der Waals surface area contributed by atoms with Crippen molar-refractivity contribution < 1.29 is 14.0 Å². The minimum atomic E-state index is -0.520. The van der Waals surface area contributed by atoms with Gasteiger partial charge >= 0.3 is 5.97 Å². The molecule has 1 heterocycles. The molecule has 0 aliphatic heterocycles. The Kier molecular flexibility index (Phi) is 4.65. The van der Waals surface area contributed by atoms with Gasteiger partial charge in [-0.2, -0.15) is 5.10 Å². The Labute approximate surface area is 121 Å². The maximum atomic E-state index is 12.8. The number of benzene rings is 1. The Bertz CT molecular complexity index is 649. The number of nitrogens with zero attached hydrogens (tertiary/aromatic N) is 3. The van der Waals surface area contributed by atoms with Crippen LogP contribution in [0.2, 0.25) is 0 Å². The van der Waals surface area contributed by atoms with Gasteiger partial charge in [0.25, 0.3) is 0 Å². The summed E-state index contributed by atoms with van der Waals surface area (Å²) in [5, 5.41) is 7.59. The van der Waals surface area contributed by atoms with Crippen LogP contribution in [0.25, 0.3) is 0 Å². The number of nitrogens with two attached hydrogens (primary N) is 1. The van der Waals surface area contributed by atoms with Crippen molar-refractivity contribution in [3.05, 3.63) is 53.6 Å². The quantitative estimate of drug-likeness (QED) is 0.392. The van der Waals surface area contributed by atoms with Crippen LogP contribution in [0.15, 0.2) is 41.8 Å². The highest BCUT2D eigenvalue weighted by molar-refractivity contribution is 5.97. The van der Waals surface area contributed by atoms with E-state index in [1.165, 1.54) is 24.3 Å². The average molecular weight is 290 g/mol. The lowest BCUT2D eigenvalue weighted by Crippen LogP contribution is -2.15. The van der Waals surface area contributed by atoms with Gasteiger partial charge in [-0.05, 0) is 36.8 Å². The summed E-state index contributed by atoms with van der Waals surface area (Å²) in [6.07, 6.45) is 3.65. The maximum Gasteiger partial charge on any atom is 0.336 e. The summed E-state index contributed by atoms with van der Waals surface area (Å²) in [7, 11) is 0. The first kappa shape index (κ1) is 14.7. The molecule has 2 rings (SSSR count). The van der Waals surface area contributed by atoms with Crippen molar-refractivity contribution in [2.45, 2.75) is 19.9 Å². The van der Waals surface area contributed by atoms with Crippen LogP contribution in [-0.4, -0.2) is 21.6 Å². The molecule has 1 aromatic heterocycles. The second-order valence-corrected chi connectivity index (χ2v) is 4.48. The summed E-state index contributed by atoms with van der Waals surface area (Å²) < 4.78 is 14.4. The van der Waals surface area contributed by atoms with Crippen molar-refractivity contribution >= 4 is 11.8 Å². The first-order valence-electron chi connectivity index (χ1n) is 6.33. The molecule has 7 heteroatoms. The van der Waals surface area contributed by atoms with E-state index in [-0.39, 0.29) is 18.1 Å². The second-order valence-electron chi connectivity index (χ2n) is 4.48. The van der Waals surface area contributed by atoms with Gasteiger partial charge in [0.2, 0.25) is 0 Å². The van der Waals surface area contributed by atoms with Crippen molar-refractivity contribution in [1.29, 1.82) is 0 Å². The van der Waals surface area contributed by atoms with Gasteiger partial charge in [0.15, 0.2) is 5.84 Å². The Morgan fingerprint density at radius 3 is 2.76 bits per heavy atom. The number of hydrogen-bond donors (Lipinski definition) is 1. The number of carbonyl (C=O) groups is 1. The molecule has 0 saturated carbocycles. The zero-order valence-electron chi connectivity index (χ0n) is 11.5. The zero-order chi connectivity index (χ0) is 15.2. The molecule has 2 aromatic rings. The summed E-state index contributed by atoms with van der Waals surface area (Å²) >= 11 is 0. The summed E-state index contributed by atoms with van der Waals surface area (Å²) in [5.74, 6) is -0.885. The molecule has 0 radical (unpaired) electrons. The minimum Gasteiger partial charge on any atom is -0.380 e. The number of oxime groups is 1. The zero-order valence-corrected chi connectivity index (χ0v) is 11.5. The topological polar surface area (TPSA) is 82.5 Å². The molecule has 0 spiro atoms. The molecule has 110 valence electrons. The van der Waals surface area contributed by atoms with Crippen molar-refractivity contribution in [2.24, 2.45) is 10.9 Å². The lowest BCUT2D eigenvalue weighted by Gasteiger charge is -2.02. The fraction of sp³-hybridized carbons (Fsp3) is 0.214. The fourth-order valence-corrected chi connectivity index (χ4v) is 1.61. The molecule has 0 saturated heterocycles. The predicted octanol–water partition coefficient (Wildman–Crippen LogP) is 1.58. The molecule has 0 amide bonds. The van der Waals surface area contributed by atoms with Crippen molar-refractivity contribution in [2.75, 3.05) is 0 Å². The molecule has 0 unspecified atom stereocenters. The van der Waals surface area contributed by atoms with Gasteiger partial charge in [0, 0.05) is 11.8 Å². The van der Waals surface area contributed by atoms with Crippen LogP contribution in [-0.2, 0) is 16.2 Å². The lowest BCUT2D eigenvalue weighted by atomic mass is 10.2. The lowest BCUT2D eigenvalue weighted by molar-refractivity contribution is -0.143. The number of carbonyl (C=O) groups excluding carboxylic acids is 1. The highest BCUT2D eigenvalue weighted by Crippen LogP contribution is 2.03. The second kappa shape index (κ2) is 6.65. The summed E-state index contributed by atoms with van der Waals surface area (Å²) in [5.41, 5.74) is 7.13. The Balaban J connectivity index is 1.84. The molecule has 21 heavy (non-hydrogen) atoms. The van der Waals surface area contributed by atoms with Gasteiger partial charge in [-0.15, -0.1) is 0 Å².